The molecule has 0 saturated carbocycles. The van der Waals surface area contributed by atoms with E-state index in [9.17, 15) is 22.8 Å². The van der Waals surface area contributed by atoms with Gasteiger partial charge in [-0.05, 0) is 55.8 Å². The van der Waals surface area contributed by atoms with Crippen LogP contribution in [-0.2, 0) is 9.59 Å². The average Bonchev–Trinajstić information content (AvgIpc) is 2.97. The van der Waals surface area contributed by atoms with Crippen LogP contribution in [0, 0.1) is 0 Å². The van der Waals surface area contributed by atoms with Crippen LogP contribution in [-0.4, -0.2) is 43.3 Å². The highest BCUT2D eigenvalue weighted by Gasteiger charge is 2.41. The number of imide groups is 1. The van der Waals surface area contributed by atoms with Crippen LogP contribution >= 0.6 is 0 Å². The molecule has 0 saturated heterocycles. The van der Waals surface area contributed by atoms with Gasteiger partial charge in [-0.15, -0.1) is 13.2 Å². The monoisotopic (exact) mass is 450 g/mol. The second kappa shape index (κ2) is 8.81. The minimum atomic E-state index is -4.82. The predicted molar refractivity (Wildman–Crippen MR) is 110 cm³/mol. The zero-order chi connectivity index (χ0) is 23.6. The first-order chi connectivity index (χ1) is 15.1. The maximum atomic E-state index is 13.1. The van der Waals surface area contributed by atoms with Gasteiger partial charge in [0.1, 0.15) is 11.4 Å². The lowest BCUT2D eigenvalue weighted by Crippen LogP contribution is -2.38. The van der Waals surface area contributed by atoms with Crippen LogP contribution in [0.1, 0.15) is 19.4 Å². The Kier molecular flexibility index (Phi) is 6.33. The smallest absolute Gasteiger partial charge is 0.493 e. The van der Waals surface area contributed by atoms with Crippen molar-refractivity contribution in [3.05, 3.63) is 53.7 Å². The van der Waals surface area contributed by atoms with E-state index in [0.29, 0.717) is 22.7 Å². The Morgan fingerprint density at radius 1 is 0.906 bits per heavy atom. The Bertz CT molecular complexity index is 1060. The van der Waals surface area contributed by atoms with Gasteiger partial charge < -0.3 is 19.5 Å². The number of carbonyl (C=O) groups excluding carboxylic acids is 2. The molecule has 32 heavy (non-hydrogen) atoms. The third kappa shape index (κ3) is 4.63. The minimum Gasteiger partial charge on any atom is -0.493 e. The lowest BCUT2D eigenvalue weighted by molar-refractivity contribution is -0.274. The van der Waals surface area contributed by atoms with Gasteiger partial charge >= 0.3 is 6.36 Å². The van der Waals surface area contributed by atoms with Gasteiger partial charge in [-0.2, -0.15) is 0 Å². The first-order valence-corrected chi connectivity index (χ1v) is 9.53. The molecule has 1 N–H and O–H groups in total. The number of ether oxygens (including phenoxy) is 3. The third-order valence-electron chi connectivity index (χ3n) is 4.66. The molecule has 1 aliphatic heterocycles. The first-order valence-electron chi connectivity index (χ1n) is 9.53. The van der Waals surface area contributed by atoms with E-state index in [1.54, 1.807) is 32.0 Å². The summed E-state index contributed by atoms with van der Waals surface area (Å²) in [4.78, 5) is 27.3. The Morgan fingerprint density at radius 2 is 1.53 bits per heavy atom. The lowest BCUT2D eigenvalue weighted by Gasteiger charge is -2.19. The molecule has 0 unspecified atom stereocenters. The molecule has 2 amide bonds. The van der Waals surface area contributed by atoms with E-state index in [2.05, 4.69) is 10.1 Å². The molecule has 7 nitrogen and oxygen atoms in total. The van der Waals surface area contributed by atoms with Crippen molar-refractivity contribution < 1.29 is 37.0 Å². The van der Waals surface area contributed by atoms with Gasteiger partial charge in [0.05, 0.1) is 19.8 Å². The Hall–Kier alpha value is -3.69. The molecule has 1 aliphatic rings. The van der Waals surface area contributed by atoms with Gasteiger partial charge in [-0.1, -0.05) is 6.07 Å². The van der Waals surface area contributed by atoms with Crippen molar-refractivity contribution >= 4 is 23.1 Å². The average molecular weight is 450 g/mol. The standard InChI is InChI=1S/C22H21F3N2O5/c1-12(2)27-20(28)18(13-5-10-16(30-3)17(11-13)31-4)19(21(27)29)26-14-6-8-15(9-7-14)32-22(23,24)25/h5-12,26H,1-4H3. The van der Waals surface area contributed by atoms with Crippen molar-refractivity contribution in [3.8, 4) is 17.2 Å². The number of anilines is 1. The molecule has 1 heterocycles. The Morgan fingerprint density at radius 3 is 2.06 bits per heavy atom. The zero-order valence-electron chi connectivity index (χ0n) is 17.7. The summed E-state index contributed by atoms with van der Waals surface area (Å²) in [5.41, 5.74) is 0.837. The molecule has 0 aliphatic carbocycles. The molecule has 2 aromatic rings. The van der Waals surface area contributed by atoms with Gasteiger partial charge in [0.25, 0.3) is 11.8 Å². The largest absolute Gasteiger partial charge is 0.573 e. The molecule has 0 radical (unpaired) electrons. The van der Waals surface area contributed by atoms with Gasteiger partial charge in [0.2, 0.25) is 0 Å². The molecule has 0 atom stereocenters. The fraction of sp³-hybridized carbons (Fsp3) is 0.273. The molecular formula is C22H21F3N2O5. The third-order valence-corrected chi connectivity index (χ3v) is 4.66. The van der Waals surface area contributed by atoms with Crippen molar-refractivity contribution in [2.45, 2.75) is 26.3 Å². The maximum absolute atomic E-state index is 13.1. The fourth-order valence-electron chi connectivity index (χ4n) is 3.28. The van der Waals surface area contributed by atoms with Crippen LogP contribution in [0.3, 0.4) is 0 Å². The number of methoxy groups -OCH3 is 2. The molecule has 170 valence electrons. The molecule has 2 aromatic carbocycles. The Labute approximate surface area is 182 Å². The summed E-state index contributed by atoms with van der Waals surface area (Å²) < 4.78 is 51.5. The minimum absolute atomic E-state index is 0.000379. The van der Waals surface area contributed by atoms with Gasteiger partial charge in [-0.3, -0.25) is 14.5 Å². The summed E-state index contributed by atoms with van der Waals surface area (Å²) in [6.07, 6.45) is -4.82. The maximum Gasteiger partial charge on any atom is 0.573 e. The predicted octanol–water partition coefficient (Wildman–Crippen LogP) is 4.20. The van der Waals surface area contributed by atoms with Gasteiger partial charge in [0.15, 0.2) is 11.5 Å². The lowest BCUT2D eigenvalue weighted by atomic mass is 10.0. The van der Waals surface area contributed by atoms with Crippen molar-refractivity contribution in [2.75, 3.05) is 19.5 Å². The van der Waals surface area contributed by atoms with Crippen molar-refractivity contribution in [3.63, 3.8) is 0 Å². The number of hydrogen-bond donors (Lipinski definition) is 1. The second-order valence-corrected chi connectivity index (χ2v) is 7.09. The summed E-state index contributed by atoms with van der Waals surface area (Å²) in [5.74, 6) is -0.644. The summed E-state index contributed by atoms with van der Waals surface area (Å²) in [5, 5.41) is 2.87. The highest BCUT2D eigenvalue weighted by molar-refractivity contribution is 6.36. The number of amides is 2. The number of rotatable bonds is 7. The number of alkyl halides is 3. The number of nitrogens with one attached hydrogen (secondary N) is 1. The molecule has 0 aromatic heterocycles. The van der Waals surface area contributed by atoms with E-state index < -0.39 is 30.0 Å². The van der Waals surface area contributed by atoms with Crippen LogP contribution in [0.4, 0.5) is 18.9 Å². The summed E-state index contributed by atoms with van der Waals surface area (Å²) in [7, 11) is 2.92. The zero-order valence-corrected chi connectivity index (χ0v) is 17.7. The highest BCUT2D eigenvalue weighted by atomic mass is 19.4. The normalized spacial score (nSPS) is 14.3. The van der Waals surface area contributed by atoms with Crippen LogP contribution in [0.25, 0.3) is 5.57 Å². The van der Waals surface area contributed by atoms with Crippen LogP contribution < -0.4 is 19.5 Å². The van der Waals surface area contributed by atoms with Gasteiger partial charge in [-0.25, -0.2) is 0 Å². The van der Waals surface area contributed by atoms with E-state index in [1.807, 2.05) is 0 Å². The molecule has 3 rings (SSSR count). The van der Waals surface area contributed by atoms with Gasteiger partial charge in [0, 0.05) is 11.7 Å². The van der Waals surface area contributed by atoms with Crippen molar-refractivity contribution in [2.24, 2.45) is 0 Å². The second-order valence-electron chi connectivity index (χ2n) is 7.09. The number of carbonyl (C=O) groups is 2. The van der Waals surface area contributed by atoms with E-state index in [0.717, 1.165) is 17.0 Å². The molecule has 0 fully saturated rings. The van der Waals surface area contributed by atoms with E-state index >= 15 is 0 Å². The first kappa shape index (κ1) is 23.0. The topological polar surface area (TPSA) is 77.1 Å². The van der Waals surface area contributed by atoms with E-state index in [-0.39, 0.29) is 11.3 Å². The quantitative estimate of drug-likeness (QED) is 0.637. The number of benzene rings is 2. The summed E-state index contributed by atoms with van der Waals surface area (Å²) >= 11 is 0. The number of hydrogen-bond acceptors (Lipinski definition) is 6. The molecule has 0 bridgehead atoms. The SMILES string of the molecule is COc1ccc(C2=C(Nc3ccc(OC(F)(F)F)cc3)C(=O)N(C(C)C)C2=O)cc1OC. The van der Waals surface area contributed by atoms with Crippen LogP contribution in [0.5, 0.6) is 17.2 Å². The van der Waals surface area contributed by atoms with E-state index in [1.165, 1.54) is 26.4 Å². The molecular weight excluding hydrogens is 429 g/mol. The summed E-state index contributed by atoms with van der Waals surface area (Å²) in [6, 6.07) is 9.23. The number of nitrogens with zero attached hydrogens (tertiary/aromatic N) is 1. The van der Waals surface area contributed by atoms with Crippen LogP contribution in [0.15, 0.2) is 48.2 Å². The van der Waals surface area contributed by atoms with Crippen molar-refractivity contribution in [1.82, 2.24) is 4.90 Å². The number of halogens is 3. The van der Waals surface area contributed by atoms with Crippen molar-refractivity contribution in [1.29, 1.82) is 0 Å². The molecule has 0 spiro atoms. The highest BCUT2D eigenvalue weighted by Crippen LogP contribution is 2.36. The summed E-state index contributed by atoms with van der Waals surface area (Å²) in [6.45, 7) is 3.41. The fourth-order valence-corrected chi connectivity index (χ4v) is 3.28. The van der Waals surface area contributed by atoms with E-state index in [4.69, 9.17) is 9.47 Å². The Balaban J connectivity index is 2.03. The van der Waals surface area contributed by atoms with Crippen LogP contribution in [0.2, 0.25) is 0 Å². The molecule has 10 heteroatoms.